The van der Waals surface area contributed by atoms with E-state index in [0.29, 0.717) is 12.8 Å². The monoisotopic (exact) mass is 475 g/mol. The summed E-state index contributed by atoms with van der Waals surface area (Å²) in [7, 11) is 1.63. The van der Waals surface area contributed by atoms with E-state index in [1.54, 1.807) is 7.05 Å². The van der Waals surface area contributed by atoms with Gasteiger partial charge in [-0.1, -0.05) is 53.7 Å². The normalized spacial score (nSPS) is 18.2. The number of nitrogens with zero attached hydrogens (tertiary/aromatic N) is 2. The number of nitrogens with one attached hydrogen (secondary N) is 1. The lowest BCUT2D eigenvalue weighted by Gasteiger charge is -2.38. The van der Waals surface area contributed by atoms with E-state index in [1.165, 1.54) is 11.2 Å². The third-order valence-electron chi connectivity index (χ3n) is 6.95. The number of carboxylic acids is 1. The highest BCUT2D eigenvalue weighted by Gasteiger charge is 2.39. The van der Waals surface area contributed by atoms with Crippen molar-refractivity contribution in [3.8, 4) is 11.1 Å². The van der Waals surface area contributed by atoms with Crippen LogP contribution in [0.4, 0.5) is 4.79 Å². The smallest absolute Gasteiger partial charge is 0.407 e. The summed E-state index contributed by atoms with van der Waals surface area (Å²) in [5, 5.41) is 15.5. The summed E-state index contributed by atoms with van der Waals surface area (Å²) < 4.78 is 10.5. The number of carbonyl (C=O) groups is 3. The minimum Gasteiger partial charge on any atom is -0.481 e. The number of carboxylic acid groups (broad SMARTS) is 1. The zero-order valence-electron chi connectivity index (χ0n) is 19.1. The van der Waals surface area contributed by atoms with Crippen LogP contribution in [0, 0.1) is 5.92 Å². The van der Waals surface area contributed by atoms with Gasteiger partial charge in [0, 0.05) is 19.0 Å². The first-order chi connectivity index (χ1) is 16.9. The van der Waals surface area contributed by atoms with Crippen molar-refractivity contribution in [2.75, 3.05) is 13.7 Å². The Kier molecular flexibility index (Phi) is 5.98. The summed E-state index contributed by atoms with van der Waals surface area (Å²) in [5.41, 5.74) is 5.04. The van der Waals surface area contributed by atoms with Gasteiger partial charge in [-0.3, -0.25) is 9.59 Å². The lowest BCUT2D eigenvalue weighted by molar-refractivity contribution is -0.146. The van der Waals surface area contributed by atoms with Crippen LogP contribution in [0.3, 0.4) is 0 Å². The predicted octanol–water partition coefficient (Wildman–Crippen LogP) is 3.65. The maximum atomic E-state index is 12.8. The van der Waals surface area contributed by atoms with E-state index in [2.05, 4.69) is 22.6 Å². The third kappa shape index (κ3) is 4.25. The number of benzene rings is 2. The van der Waals surface area contributed by atoms with Gasteiger partial charge in [-0.2, -0.15) is 0 Å². The molecule has 9 nitrogen and oxygen atoms in total. The number of fused-ring (bicyclic) bond motifs is 3. The van der Waals surface area contributed by atoms with Crippen LogP contribution in [-0.4, -0.2) is 52.8 Å². The maximum absolute atomic E-state index is 12.8. The van der Waals surface area contributed by atoms with E-state index in [4.69, 9.17) is 14.4 Å². The van der Waals surface area contributed by atoms with Gasteiger partial charge in [0.05, 0.1) is 12.5 Å². The summed E-state index contributed by atoms with van der Waals surface area (Å²) in [6.45, 7) is 0.143. The summed E-state index contributed by atoms with van der Waals surface area (Å²) in [6, 6.07) is 16.0. The lowest BCUT2D eigenvalue weighted by atomic mass is 9.79. The number of alkyl carbamates (subject to hydrolysis) is 1. The Labute approximate surface area is 201 Å². The molecule has 1 heterocycles. The van der Waals surface area contributed by atoms with Gasteiger partial charge in [0.25, 0.3) is 5.91 Å². The second-order valence-electron chi connectivity index (χ2n) is 8.93. The number of aromatic nitrogens is 1. The fraction of sp³-hybridized carbons (Fsp3) is 0.308. The van der Waals surface area contributed by atoms with Crippen molar-refractivity contribution < 1.29 is 28.8 Å². The van der Waals surface area contributed by atoms with E-state index in [9.17, 15) is 14.4 Å². The molecule has 5 rings (SSSR count). The van der Waals surface area contributed by atoms with Crippen LogP contribution in [0.25, 0.3) is 11.1 Å². The zero-order chi connectivity index (χ0) is 24.5. The van der Waals surface area contributed by atoms with Crippen LogP contribution in [0.2, 0.25) is 0 Å². The summed E-state index contributed by atoms with van der Waals surface area (Å²) in [6.07, 6.45) is 1.44. The molecule has 9 heteroatoms. The van der Waals surface area contributed by atoms with Crippen molar-refractivity contribution in [2.24, 2.45) is 5.92 Å². The van der Waals surface area contributed by atoms with Crippen LogP contribution in [-0.2, 0) is 16.1 Å². The Bertz CT molecular complexity index is 1230. The standard InChI is InChI=1S/C26H25N3O6/c1-29(16-10-15(11-16)25(31)32)24(30)22-14-35-28-23(22)12-27-26(33)34-13-21-19-8-4-2-6-17(19)18-7-3-5-9-20(18)21/h2-9,14-16,21H,10-13H2,1H3,(H,27,33)(H,31,32). The van der Waals surface area contributed by atoms with Crippen molar-refractivity contribution in [1.82, 2.24) is 15.4 Å². The van der Waals surface area contributed by atoms with Crippen LogP contribution in [0.5, 0.6) is 0 Å². The van der Waals surface area contributed by atoms with Crippen LogP contribution >= 0.6 is 0 Å². The molecule has 0 atom stereocenters. The molecule has 2 N–H and O–H groups in total. The summed E-state index contributed by atoms with van der Waals surface area (Å²) in [4.78, 5) is 37.8. The first-order valence-corrected chi connectivity index (χ1v) is 11.5. The van der Waals surface area contributed by atoms with Gasteiger partial charge >= 0.3 is 12.1 Å². The van der Waals surface area contributed by atoms with E-state index in [1.807, 2.05) is 36.4 Å². The van der Waals surface area contributed by atoms with E-state index in [0.717, 1.165) is 22.3 Å². The van der Waals surface area contributed by atoms with Crippen molar-refractivity contribution in [2.45, 2.75) is 31.3 Å². The SMILES string of the molecule is CN(C(=O)c1conc1CNC(=O)OCC1c2ccccc2-c2ccccc21)C1CC(C(=O)O)C1. The van der Waals surface area contributed by atoms with E-state index >= 15 is 0 Å². The van der Waals surface area contributed by atoms with Crippen molar-refractivity contribution in [3.05, 3.63) is 77.2 Å². The molecule has 35 heavy (non-hydrogen) atoms. The van der Waals surface area contributed by atoms with Gasteiger partial charge in [-0.05, 0) is 35.1 Å². The van der Waals surface area contributed by atoms with Gasteiger partial charge in [0.2, 0.25) is 0 Å². The average molecular weight is 476 g/mol. The molecule has 1 saturated carbocycles. The number of hydrogen-bond donors (Lipinski definition) is 2. The van der Waals surface area contributed by atoms with Gasteiger partial charge in [0.15, 0.2) is 0 Å². The van der Waals surface area contributed by atoms with E-state index in [-0.39, 0.29) is 42.3 Å². The first-order valence-electron chi connectivity index (χ1n) is 11.5. The highest BCUT2D eigenvalue weighted by molar-refractivity contribution is 5.95. The number of aliphatic carboxylic acids is 1. The molecule has 0 radical (unpaired) electrons. The second-order valence-corrected chi connectivity index (χ2v) is 8.93. The molecular formula is C26H25N3O6. The Morgan fingerprint density at radius 1 is 1.09 bits per heavy atom. The molecule has 2 amide bonds. The molecule has 1 fully saturated rings. The van der Waals surface area contributed by atoms with Crippen molar-refractivity contribution >= 4 is 18.0 Å². The molecule has 1 aromatic heterocycles. The highest BCUT2D eigenvalue weighted by Crippen LogP contribution is 2.44. The number of ether oxygens (including phenoxy) is 1. The fourth-order valence-corrected chi connectivity index (χ4v) is 4.83. The zero-order valence-corrected chi connectivity index (χ0v) is 19.1. The summed E-state index contributed by atoms with van der Waals surface area (Å²) in [5.74, 6) is -1.65. The number of hydrogen-bond acceptors (Lipinski definition) is 6. The van der Waals surface area contributed by atoms with Crippen LogP contribution < -0.4 is 5.32 Å². The molecule has 2 aromatic carbocycles. The minimum atomic E-state index is -0.847. The molecule has 180 valence electrons. The largest absolute Gasteiger partial charge is 0.481 e. The van der Waals surface area contributed by atoms with Gasteiger partial charge in [-0.25, -0.2) is 4.79 Å². The summed E-state index contributed by atoms with van der Waals surface area (Å²) >= 11 is 0. The maximum Gasteiger partial charge on any atom is 0.407 e. The molecule has 0 unspecified atom stereocenters. The third-order valence-corrected chi connectivity index (χ3v) is 6.95. The molecule has 2 aliphatic rings. The quantitative estimate of drug-likeness (QED) is 0.535. The topological polar surface area (TPSA) is 122 Å². The van der Waals surface area contributed by atoms with Crippen molar-refractivity contribution in [1.29, 1.82) is 0 Å². The van der Waals surface area contributed by atoms with Gasteiger partial charge in [-0.15, -0.1) is 0 Å². The number of rotatable bonds is 7. The number of carbonyl (C=O) groups excluding carboxylic acids is 2. The highest BCUT2D eigenvalue weighted by atomic mass is 16.5. The Morgan fingerprint density at radius 3 is 2.34 bits per heavy atom. The molecule has 0 aliphatic heterocycles. The van der Waals surface area contributed by atoms with Crippen LogP contribution in [0.15, 0.2) is 59.3 Å². The molecule has 0 spiro atoms. The van der Waals surface area contributed by atoms with E-state index < -0.39 is 18.0 Å². The predicted molar refractivity (Wildman–Crippen MR) is 125 cm³/mol. The van der Waals surface area contributed by atoms with Crippen molar-refractivity contribution in [3.63, 3.8) is 0 Å². The van der Waals surface area contributed by atoms with Gasteiger partial charge < -0.3 is 24.6 Å². The fourth-order valence-electron chi connectivity index (χ4n) is 4.83. The molecule has 2 aliphatic carbocycles. The Balaban J connectivity index is 1.17. The lowest BCUT2D eigenvalue weighted by Crippen LogP contribution is -2.47. The Hall–Kier alpha value is -4.14. The number of amides is 2. The average Bonchev–Trinajstić information content (AvgIpc) is 3.42. The molecule has 3 aromatic rings. The van der Waals surface area contributed by atoms with Gasteiger partial charge in [0.1, 0.15) is 24.1 Å². The minimum absolute atomic E-state index is 0.0372. The first kappa shape index (κ1) is 22.6. The second kappa shape index (κ2) is 9.25. The molecular weight excluding hydrogens is 450 g/mol. The molecule has 0 bridgehead atoms. The Morgan fingerprint density at radius 2 is 1.71 bits per heavy atom. The molecule has 0 saturated heterocycles. The van der Waals surface area contributed by atoms with Crippen LogP contribution in [0.1, 0.15) is 45.9 Å².